The van der Waals surface area contributed by atoms with E-state index in [1.807, 2.05) is 0 Å². The van der Waals surface area contributed by atoms with Crippen LogP contribution in [0.25, 0.3) is 0 Å². The summed E-state index contributed by atoms with van der Waals surface area (Å²) < 4.78 is 0. The molecule has 0 heteroatoms. The lowest BCUT2D eigenvalue weighted by molar-refractivity contribution is 0.605. The minimum absolute atomic E-state index is 0.840. The highest BCUT2D eigenvalue weighted by Crippen LogP contribution is 2.20. The molecule has 0 amide bonds. The van der Waals surface area contributed by atoms with Gasteiger partial charge in [0, 0.05) is 0 Å². The second-order valence-electron chi connectivity index (χ2n) is 3.35. The first-order chi connectivity index (χ1) is 4.70. The van der Waals surface area contributed by atoms with Crippen LogP contribution in [0.5, 0.6) is 0 Å². The summed E-state index contributed by atoms with van der Waals surface area (Å²) in [6.07, 6.45) is 7.20. The van der Waals surface area contributed by atoms with Crippen LogP contribution in [-0.2, 0) is 0 Å². The van der Waals surface area contributed by atoms with Crippen molar-refractivity contribution in [1.82, 2.24) is 0 Å². The van der Waals surface area contributed by atoms with E-state index in [1.165, 1.54) is 24.0 Å². The molecule has 0 aromatic heterocycles. The van der Waals surface area contributed by atoms with Crippen molar-refractivity contribution in [3.05, 3.63) is 23.3 Å². The summed E-state index contributed by atoms with van der Waals surface area (Å²) >= 11 is 0. The molecule has 0 heterocycles. The van der Waals surface area contributed by atoms with E-state index in [9.17, 15) is 0 Å². The second kappa shape index (κ2) is 3.05. The molecule has 0 aromatic carbocycles. The van der Waals surface area contributed by atoms with Crippen LogP contribution in [0.1, 0.15) is 33.6 Å². The van der Waals surface area contributed by atoms with E-state index in [0.717, 1.165) is 5.92 Å². The Bertz CT molecular complexity index is 152. The Morgan fingerprint density at radius 1 is 1.10 bits per heavy atom. The molecule has 0 atom stereocenters. The van der Waals surface area contributed by atoms with Crippen molar-refractivity contribution in [3.8, 4) is 0 Å². The summed E-state index contributed by atoms with van der Waals surface area (Å²) in [5.41, 5.74) is 2.92. The fourth-order valence-corrected chi connectivity index (χ4v) is 1.17. The molecule has 0 saturated heterocycles. The van der Waals surface area contributed by atoms with Crippen LogP contribution in [0.2, 0.25) is 0 Å². The third-order valence-corrected chi connectivity index (χ3v) is 2.27. The normalized spacial score (nSPS) is 21.5. The van der Waals surface area contributed by atoms with Crippen LogP contribution in [0.15, 0.2) is 23.3 Å². The summed E-state index contributed by atoms with van der Waals surface area (Å²) in [4.78, 5) is 0. The van der Waals surface area contributed by atoms with E-state index < -0.39 is 0 Å². The molecule has 10 heavy (non-hydrogen) atoms. The molecule has 0 radical (unpaired) electrons. The SMILES string of the molecule is CC1=CCC(C)CC=C1C. The fraction of sp³-hybridized carbons (Fsp3) is 0.600. The maximum Gasteiger partial charge on any atom is -0.0316 e. The van der Waals surface area contributed by atoms with Gasteiger partial charge in [-0.15, -0.1) is 0 Å². The summed E-state index contributed by atoms with van der Waals surface area (Å²) in [5.74, 6) is 0.840. The molecule has 0 saturated carbocycles. The van der Waals surface area contributed by atoms with Gasteiger partial charge in [-0.05, 0) is 32.6 Å². The van der Waals surface area contributed by atoms with E-state index in [2.05, 4.69) is 32.9 Å². The zero-order valence-electron chi connectivity index (χ0n) is 7.15. The highest BCUT2D eigenvalue weighted by atomic mass is 14.1. The topological polar surface area (TPSA) is 0 Å². The minimum atomic E-state index is 0.840. The van der Waals surface area contributed by atoms with Gasteiger partial charge in [0.15, 0.2) is 0 Å². The van der Waals surface area contributed by atoms with Gasteiger partial charge in [0.1, 0.15) is 0 Å². The van der Waals surface area contributed by atoms with Gasteiger partial charge in [-0.3, -0.25) is 0 Å². The smallest absolute Gasteiger partial charge is 0.0316 e. The molecule has 0 fully saturated rings. The predicted molar refractivity (Wildman–Crippen MR) is 45.9 cm³/mol. The van der Waals surface area contributed by atoms with Gasteiger partial charge in [0.25, 0.3) is 0 Å². The number of rotatable bonds is 0. The highest BCUT2D eigenvalue weighted by molar-refractivity contribution is 5.28. The summed E-state index contributed by atoms with van der Waals surface area (Å²) in [6, 6.07) is 0. The molecule has 1 rings (SSSR count). The Balaban J connectivity index is 2.73. The minimum Gasteiger partial charge on any atom is -0.0811 e. The second-order valence-corrected chi connectivity index (χ2v) is 3.35. The largest absolute Gasteiger partial charge is 0.0811 e. The Hall–Kier alpha value is -0.520. The summed E-state index contributed by atoms with van der Waals surface area (Å²) in [6.45, 7) is 6.70. The average Bonchev–Trinajstić information content (AvgIpc) is 2.04. The quantitative estimate of drug-likeness (QED) is 0.479. The van der Waals surface area contributed by atoms with E-state index in [1.54, 1.807) is 0 Å². The molecule has 1 aliphatic rings. The van der Waals surface area contributed by atoms with Crippen LogP contribution >= 0.6 is 0 Å². The van der Waals surface area contributed by atoms with Gasteiger partial charge in [0.05, 0.1) is 0 Å². The van der Waals surface area contributed by atoms with Gasteiger partial charge >= 0.3 is 0 Å². The number of hydrogen-bond donors (Lipinski definition) is 0. The maximum atomic E-state index is 2.35. The zero-order valence-corrected chi connectivity index (χ0v) is 7.15. The van der Waals surface area contributed by atoms with E-state index in [4.69, 9.17) is 0 Å². The van der Waals surface area contributed by atoms with Crippen molar-refractivity contribution in [2.24, 2.45) is 5.92 Å². The molecule has 0 N–H and O–H groups in total. The number of hydrogen-bond acceptors (Lipinski definition) is 0. The summed E-state index contributed by atoms with van der Waals surface area (Å²) in [5, 5.41) is 0. The van der Waals surface area contributed by atoms with Crippen molar-refractivity contribution in [2.45, 2.75) is 33.6 Å². The fourth-order valence-electron chi connectivity index (χ4n) is 1.17. The standard InChI is InChI=1S/C10H16/c1-8-4-6-9(2)10(3)7-5-8/h6-8H,4-5H2,1-3H3. The van der Waals surface area contributed by atoms with Crippen molar-refractivity contribution >= 4 is 0 Å². The highest BCUT2D eigenvalue weighted by Gasteiger charge is 2.03. The average molecular weight is 136 g/mol. The zero-order chi connectivity index (χ0) is 7.56. The van der Waals surface area contributed by atoms with Crippen LogP contribution in [-0.4, -0.2) is 0 Å². The van der Waals surface area contributed by atoms with Crippen molar-refractivity contribution < 1.29 is 0 Å². The van der Waals surface area contributed by atoms with E-state index in [0.29, 0.717) is 0 Å². The lowest BCUT2D eigenvalue weighted by Crippen LogP contribution is -1.86. The van der Waals surface area contributed by atoms with Crippen LogP contribution < -0.4 is 0 Å². The Labute approximate surface area is 63.6 Å². The molecule has 0 aromatic rings. The first-order valence-corrected chi connectivity index (χ1v) is 4.04. The molecular weight excluding hydrogens is 120 g/mol. The molecule has 0 unspecified atom stereocenters. The van der Waals surface area contributed by atoms with Gasteiger partial charge < -0.3 is 0 Å². The first-order valence-electron chi connectivity index (χ1n) is 4.04. The molecule has 0 aliphatic heterocycles. The molecule has 0 nitrogen and oxygen atoms in total. The lowest BCUT2D eigenvalue weighted by atomic mass is 10.1. The van der Waals surface area contributed by atoms with Crippen molar-refractivity contribution in [1.29, 1.82) is 0 Å². The monoisotopic (exact) mass is 136 g/mol. The predicted octanol–water partition coefficient (Wildman–Crippen LogP) is 3.31. The third kappa shape index (κ3) is 1.73. The van der Waals surface area contributed by atoms with Crippen LogP contribution in [0.3, 0.4) is 0 Å². The summed E-state index contributed by atoms with van der Waals surface area (Å²) in [7, 11) is 0. The molecular formula is C10H16. The molecule has 1 aliphatic carbocycles. The van der Waals surface area contributed by atoms with Crippen LogP contribution in [0.4, 0.5) is 0 Å². The van der Waals surface area contributed by atoms with Gasteiger partial charge in [-0.2, -0.15) is 0 Å². The maximum absolute atomic E-state index is 2.35. The first kappa shape index (κ1) is 7.59. The Morgan fingerprint density at radius 2 is 1.50 bits per heavy atom. The molecule has 0 spiro atoms. The Morgan fingerprint density at radius 3 is 1.90 bits per heavy atom. The lowest BCUT2D eigenvalue weighted by Gasteiger charge is -2.00. The number of allylic oxidation sites excluding steroid dienone is 4. The van der Waals surface area contributed by atoms with E-state index >= 15 is 0 Å². The molecule has 0 bridgehead atoms. The Kier molecular flexibility index (Phi) is 2.31. The molecule has 56 valence electrons. The van der Waals surface area contributed by atoms with Gasteiger partial charge in [-0.1, -0.05) is 30.2 Å². The van der Waals surface area contributed by atoms with Gasteiger partial charge in [-0.25, -0.2) is 0 Å². The van der Waals surface area contributed by atoms with E-state index in [-0.39, 0.29) is 0 Å². The third-order valence-electron chi connectivity index (χ3n) is 2.27. The van der Waals surface area contributed by atoms with Crippen LogP contribution in [0, 0.1) is 5.92 Å². The van der Waals surface area contributed by atoms with Gasteiger partial charge in [0.2, 0.25) is 0 Å². The van der Waals surface area contributed by atoms with Crippen molar-refractivity contribution in [2.75, 3.05) is 0 Å². The van der Waals surface area contributed by atoms with Crippen molar-refractivity contribution in [3.63, 3.8) is 0 Å².